The van der Waals surface area contributed by atoms with E-state index < -0.39 is 12.7 Å². The highest BCUT2D eigenvalue weighted by Gasteiger charge is 2.34. The summed E-state index contributed by atoms with van der Waals surface area (Å²) < 4.78 is 37.5. The average molecular weight is 491 g/mol. The van der Waals surface area contributed by atoms with Crippen LogP contribution in [0.2, 0.25) is 0 Å². The lowest BCUT2D eigenvalue weighted by molar-refractivity contribution is -0.143. The first-order chi connectivity index (χ1) is 11.9. The van der Waals surface area contributed by atoms with E-state index in [4.69, 9.17) is 0 Å². The molecule has 0 aromatic heterocycles. The third-order valence-corrected chi connectivity index (χ3v) is 4.80. The molecule has 0 spiro atoms. The van der Waals surface area contributed by atoms with Gasteiger partial charge in [0.15, 0.2) is 5.96 Å². The Morgan fingerprint density at radius 2 is 1.58 bits per heavy atom. The molecule has 5 nitrogen and oxygen atoms in total. The van der Waals surface area contributed by atoms with Crippen LogP contribution in [0.25, 0.3) is 0 Å². The molecule has 1 unspecified atom stereocenters. The zero-order chi connectivity index (χ0) is 18.3. The Balaban J connectivity index is 0.00000338. The molecule has 0 aromatic carbocycles. The van der Waals surface area contributed by atoms with Crippen molar-refractivity contribution in [1.29, 1.82) is 0 Å². The summed E-state index contributed by atoms with van der Waals surface area (Å²) in [5.74, 6) is 0.746. The van der Waals surface area contributed by atoms with E-state index >= 15 is 0 Å². The monoisotopic (exact) mass is 491 g/mol. The van der Waals surface area contributed by atoms with E-state index in [1.165, 1.54) is 11.3 Å². The van der Waals surface area contributed by atoms with Crippen LogP contribution in [0.5, 0.6) is 0 Å². The molecule has 1 atom stereocenters. The number of piperidine rings is 1. The molecule has 2 rings (SSSR count). The lowest BCUT2D eigenvalue weighted by Crippen LogP contribution is -2.51. The Morgan fingerprint density at radius 1 is 1.00 bits per heavy atom. The van der Waals surface area contributed by atoms with Gasteiger partial charge in [0.2, 0.25) is 0 Å². The molecule has 0 amide bonds. The fourth-order valence-corrected chi connectivity index (χ4v) is 3.64. The number of alkyl halides is 3. The maximum absolute atomic E-state index is 12.5. The maximum Gasteiger partial charge on any atom is 0.401 e. The van der Waals surface area contributed by atoms with Crippen LogP contribution >= 0.6 is 24.0 Å². The summed E-state index contributed by atoms with van der Waals surface area (Å²) in [7, 11) is 0. The number of nitrogens with zero attached hydrogens (tertiary/aromatic N) is 3. The molecule has 2 aliphatic rings. The van der Waals surface area contributed by atoms with Gasteiger partial charge in [-0.15, -0.1) is 24.0 Å². The summed E-state index contributed by atoms with van der Waals surface area (Å²) in [4.78, 5) is 8.42. The summed E-state index contributed by atoms with van der Waals surface area (Å²) in [6, 6.07) is 0.416. The molecule has 2 fully saturated rings. The molecule has 26 heavy (non-hydrogen) atoms. The summed E-state index contributed by atoms with van der Waals surface area (Å²) in [6.45, 7) is 8.23. The van der Waals surface area contributed by atoms with Crippen LogP contribution in [0.15, 0.2) is 4.99 Å². The number of aliphatic imine (C=N–C) groups is 1. The van der Waals surface area contributed by atoms with Crippen molar-refractivity contribution in [3.05, 3.63) is 0 Å². The van der Waals surface area contributed by atoms with Crippen molar-refractivity contribution in [3.8, 4) is 0 Å². The van der Waals surface area contributed by atoms with Gasteiger partial charge < -0.3 is 15.5 Å². The van der Waals surface area contributed by atoms with Crippen molar-refractivity contribution in [2.75, 3.05) is 45.8 Å². The fraction of sp³-hybridized carbons (Fsp3) is 0.941. The van der Waals surface area contributed by atoms with Crippen molar-refractivity contribution >= 4 is 29.9 Å². The Labute approximate surface area is 172 Å². The third kappa shape index (κ3) is 8.60. The largest absolute Gasteiger partial charge is 0.401 e. The second-order valence-electron chi connectivity index (χ2n) is 7.06. The second kappa shape index (κ2) is 11.5. The quantitative estimate of drug-likeness (QED) is 0.341. The number of guanidine groups is 1. The van der Waals surface area contributed by atoms with Crippen molar-refractivity contribution in [3.63, 3.8) is 0 Å². The Kier molecular flexibility index (Phi) is 10.5. The SMILES string of the molecule is CCCN1CCC(NC(=NCC)NC2CCN(CC(F)(F)F)C2)CC1.I. The number of likely N-dealkylation sites (tertiary alicyclic amines) is 2. The fourth-order valence-electron chi connectivity index (χ4n) is 3.64. The Bertz CT molecular complexity index is 425. The first-order valence-electron chi connectivity index (χ1n) is 9.48. The lowest BCUT2D eigenvalue weighted by Gasteiger charge is -2.33. The molecule has 9 heteroatoms. The molecule has 0 bridgehead atoms. The van der Waals surface area contributed by atoms with Gasteiger partial charge in [0.25, 0.3) is 0 Å². The first kappa shape index (κ1) is 23.7. The molecular formula is C17H33F3IN5. The van der Waals surface area contributed by atoms with E-state index in [1.807, 2.05) is 6.92 Å². The summed E-state index contributed by atoms with van der Waals surface area (Å²) in [5, 5.41) is 6.81. The molecule has 2 saturated heterocycles. The van der Waals surface area contributed by atoms with Gasteiger partial charge in [-0.05, 0) is 39.2 Å². The molecule has 2 N–H and O–H groups in total. The van der Waals surface area contributed by atoms with Gasteiger partial charge in [0, 0.05) is 44.8 Å². The van der Waals surface area contributed by atoms with Crippen LogP contribution in [-0.4, -0.2) is 79.8 Å². The highest BCUT2D eigenvalue weighted by molar-refractivity contribution is 14.0. The maximum atomic E-state index is 12.5. The minimum atomic E-state index is -4.13. The van der Waals surface area contributed by atoms with Crippen molar-refractivity contribution in [2.45, 2.75) is 57.8 Å². The van der Waals surface area contributed by atoms with Gasteiger partial charge in [0.1, 0.15) is 0 Å². The van der Waals surface area contributed by atoms with Gasteiger partial charge in [-0.25, -0.2) is 0 Å². The zero-order valence-electron chi connectivity index (χ0n) is 15.8. The number of halogens is 4. The summed E-state index contributed by atoms with van der Waals surface area (Å²) in [5.41, 5.74) is 0. The standard InChI is InChI=1S/C17H32F3N5.HI/c1-3-8-24-9-5-14(6-10-24)22-16(21-4-2)23-15-7-11-25(12-15)13-17(18,19)20;/h14-15H,3-13H2,1-2H3,(H2,21,22,23);1H. The van der Waals surface area contributed by atoms with Crippen molar-refractivity contribution in [2.24, 2.45) is 4.99 Å². The van der Waals surface area contributed by atoms with E-state index in [2.05, 4.69) is 27.4 Å². The van der Waals surface area contributed by atoms with Crippen LogP contribution in [0.4, 0.5) is 13.2 Å². The number of nitrogens with one attached hydrogen (secondary N) is 2. The van der Waals surface area contributed by atoms with Crippen molar-refractivity contribution in [1.82, 2.24) is 20.4 Å². The van der Waals surface area contributed by atoms with E-state index in [0.717, 1.165) is 44.9 Å². The highest BCUT2D eigenvalue weighted by Crippen LogP contribution is 2.20. The molecular weight excluding hydrogens is 458 g/mol. The lowest BCUT2D eigenvalue weighted by atomic mass is 10.1. The molecule has 2 heterocycles. The van der Waals surface area contributed by atoms with Crippen LogP contribution in [0.1, 0.15) is 39.5 Å². The normalized spacial score (nSPS) is 23.7. The molecule has 0 aromatic rings. The van der Waals surface area contributed by atoms with Crippen LogP contribution in [0.3, 0.4) is 0 Å². The number of hydrogen-bond donors (Lipinski definition) is 2. The van der Waals surface area contributed by atoms with Gasteiger partial charge in [-0.2, -0.15) is 13.2 Å². The van der Waals surface area contributed by atoms with E-state index in [0.29, 0.717) is 25.7 Å². The van der Waals surface area contributed by atoms with Gasteiger partial charge in [-0.3, -0.25) is 9.89 Å². The molecule has 0 aliphatic carbocycles. The minimum absolute atomic E-state index is 0. The van der Waals surface area contributed by atoms with E-state index in [9.17, 15) is 13.2 Å². The van der Waals surface area contributed by atoms with Crippen LogP contribution in [0, 0.1) is 0 Å². The predicted octanol–water partition coefficient (Wildman–Crippen LogP) is 2.67. The molecule has 154 valence electrons. The topological polar surface area (TPSA) is 42.9 Å². The summed E-state index contributed by atoms with van der Waals surface area (Å²) in [6.07, 6.45) is -0.0712. The third-order valence-electron chi connectivity index (χ3n) is 4.80. The van der Waals surface area contributed by atoms with Gasteiger partial charge >= 0.3 is 6.18 Å². The first-order valence-corrected chi connectivity index (χ1v) is 9.48. The van der Waals surface area contributed by atoms with Crippen LogP contribution in [-0.2, 0) is 0 Å². The van der Waals surface area contributed by atoms with E-state index in [1.54, 1.807) is 0 Å². The van der Waals surface area contributed by atoms with E-state index in [-0.39, 0.29) is 30.0 Å². The molecule has 0 saturated carbocycles. The van der Waals surface area contributed by atoms with Crippen molar-refractivity contribution < 1.29 is 13.2 Å². The zero-order valence-corrected chi connectivity index (χ0v) is 18.1. The van der Waals surface area contributed by atoms with Gasteiger partial charge in [0.05, 0.1) is 6.54 Å². The smallest absolute Gasteiger partial charge is 0.354 e. The number of hydrogen-bond acceptors (Lipinski definition) is 3. The predicted molar refractivity (Wildman–Crippen MR) is 110 cm³/mol. The second-order valence-corrected chi connectivity index (χ2v) is 7.06. The van der Waals surface area contributed by atoms with Crippen LogP contribution < -0.4 is 10.6 Å². The number of rotatable bonds is 6. The van der Waals surface area contributed by atoms with Gasteiger partial charge in [-0.1, -0.05) is 6.92 Å². The summed E-state index contributed by atoms with van der Waals surface area (Å²) >= 11 is 0. The minimum Gasteiger partial charge on any atom is -0.354 e. The Morgan fingerprint density at radius 3 is 2.15 bits per heavy atom. The Hall–Kier alpha value is -0.290. The molecule has 2 aliphatic heterocycles. The average Bonchev–Trinajstić information content (AvgIpc) is 2.94. The highest BCUT2D eigenvalue weighted by atomic mass is 127. The molecule has 0 radical (unpaired) electrons.